The Bertz CT molecular complexity index is 624. The van der Waals surface area contributed by atoms with Crippen LogP contribution in [0.25, 0.3) is 0 Å². The molecule has 0 bridgehead atoms. The Labute approximate surface area is 122 Å². The zero-order chi connectivity index (χ0) is 15.2. The third-order valence-electron chi connectivity index (χ3n) is 3.06. The third-order valence-corrected chi connectivity index (χ3v) is 3.06. The van der Waals surface area contributed by atoms with Gasteiger partial charge in [-0.2, -0.15) is 0 Å². The average Bonchev–Trinajstić information content (AvgIpc) is 2.49. The number of aliphatic carboxylic acids is 1. The number of nitrogens with one attached hydrogen (secondary N) is 1. The molecule has 0 aliphatic rings. The molecule has 2 N–H and O–H groups in total. The number of carboxylic acids is 1. The molecule has 5 nitrogen and oxygen atoms in total. The van der Waals surface area contributed by atoms with E-state index in [0.717, 1.165) is 11.1 Å². The maximum absolute atomic E-state index is 12.0. The fourth-order valence-electron chi connectivity index (χ4n) is 1.89. The number of pyridine rings is 1. The van der Waals surface area contributed by atoms with Crippen LogP contribution >= 0.6 is 0 Å². The molecule has 0 saturated carbocycles. The van der Waals surface area contributed by atoms with E-state index in [1.54, 1.807) is 18.2 Å². The van der Waals surface area contributed by atoms with Crippen LogP contribution in [0, 0.1) is 6.92 Å². The van der Waals surface area contributed by atoms with Gasteiger partial charge in [0.25, 0.3) is 5.91 Å². The van der Waals surface area contributed by atoms with Gasteiger partial charge in [-0.3, -0.25) is 9.78 Å². The van der Waals surface area contributed by atoms with Gasteiger partial charge in [0.05, 0.1) is 0 Å². The quantitative estimate of drug-likeness (QED) is 0.877. The lowest BCUT2D eigenvalue weighted by Gasteiger charge is -2.14. The molecule has 0 spiro atoms. The van der Waals surface area contributed by atoms with E-state index in [1.807, 2.05) is 31.2 Å². The number of aromatic nitrogens is 1. The fraction of sp³-hybridized carbons (Fsp3) is 0.188. The van der Waals surface area contributed by atoms with Gasteiger partial charge in [0, 0.05) is 12.6 Å². The summed E-state index contributed by atoms with van der Waals surface area (Å²) in [5.74, 6) is -1.56. The molecule has 0 aliphatic heterocycles. The van der Waals surface area contributed by atoms with Gasteiger partial charge in [-0.05, 0) is 24.6 Å². The van der Waals surface area contributed by atoms with Crippen molar-refractivity contribution >= 4 is 11.9 Å². The van der Waals surface area contributed by atoms with E-state index in [1.165, 1.54) is 6.20 Å². The van der Waals surface area contributed by atoms with Gasteiger partial charge in [-0.15, -0.1) is 0 Å². The number of rotatable bonds is 5. The second kappa shape index (κ2) is 6.65. The summed E-state index contributed by atoms with van der Waals surface area (Å²) in [7, 11) is 0. The minimum Gasteiger partial charge on any atom is -0.480 e. The fourth-order valence-corrected chi connectivity index (χ4v) is 1.89. The van der Waals surface area contributed by atoms with Crippen molar-refractivity contribution in [3.63, 3.8) is 0 Å². The van der Waals surface area contributed by atoms with Crippen LogP contribution in [0.2, 0.25) is 0 Å². The minimum atomic E-state index is -1.07. The first-order chi connectivity index (χ1) is 10.1. The molecule has 21 heavy (non-hydrogen) atoms. The highest BCUT2D eigenvalue weighted by Crippen LogP contribution is 2.07. The summed E-state index contributed by atoms with van der Waals surface area (Å²) in [6, 6.07) is 11.5. The van der Waals surface area contributed by atoms with Gasteiger partial charge >= 0.3 is 5.97 Å². The average molecular weight is 284 g/mol. The first-order valence-corrected chi connectivity index (χ1v) is 6.56. The molecule has 2 aromatic rings. The highest BCUT2D eigenvalue weighted by molar-refractivity contribution is 5.94. The van der Waals surface area contributed by atoms with Crippen molar-refractivity contribution in [2.24, 2.45) is 0 Å². The molecule has 1 amide bonds. The van der Waals surface area contributed by atoms with E-state index in [4.69, 9.17) is 0 Å². The molecule has 1 heterocycles. The van der Waals surface area contributed by atoms with Crippen molar-refractivity contribution in [2.45, 2.75) is 19.4 Å². The molecule has 0 aliphatic carbocycles. The van der Waals surface area contributed by atoms with Gasteiger partial charge in [0.15, 0.2) is 0 Å². The zero-order valence-electron chi connectivity index (χ0n) is 11.6. The first-order valence-electron chi connectivity index (χ1n) is 6.56. The van der Waals surface area contributed by atoms with Gasteiger partial charge in [0.2, 0.25) is 0 Å². The van der Waals surface area contributed by atoms with Crippen LogP contribution in [-0.2, 0) is 11.2 Å². The topological polar surface area (TPSA) is 79.3 Å². The predicted octanol–water partition coefficient (Wildman–Crippen LogP) is 1.82. The van der Waals surface area contributed by atoms with Crippen molar-refractivity contribution < 1.29 is 14.7 Å². The lowest BCUT2D eigenvalue weighted by atomic mass is 10.0. The molecule has 1 aromatic heterocycles. The summed E-state index contributed by atoms with van der Waals surface area (Å²) in [6.07, 6.45) is 1.72. The number of benzene rings is 1. The number of aryl methyl sites for hydroxylation is 1. The summed E-state index contributed by atoms with van der Waals surface area (Å²) >= 11 is 0. The number of hydrogen-bond donors (Lipinski definition) is 2. The molecular weight excluding hydrogens is 268 g/mol. The van der Waals surface area contributed by atoms with E-state index >= 15 is 0 Å². The molecule has 5 heteroatoms. The summed E-state index contributed by atoms with van der Waals surface area (Å²) in [5, 5.41) is 11.7. The van der Waals surface area contributed by atoms with E-state index in [0.29, 0.717) is 0 Å². The zero-order valence-corrected chi connectivity index (χ0v) is 11.6. The summed E-state index contributed by atoms with van der Waals surface area (Å²) < 4.78 is 0. The monoisotopic (exact) mass is 284 g/mol. The lowest BCUT2D eigenvalue weighted by Crippen LogP contribution is -2.42. The molecule has 0 unspecified atom stereocenters. The maximum Gasteiger partial charge on any atom is 0.326 e. The molecule has 2 rings (SSSR count). The highest BCUT2D eigenvalue weighted by Gasteiger charge is 2.21. The van der Waals surface area contributed by atoms with Gasteiger partial charge in [-0.1, -0.05) is 35.9 Å². The Kier molecular flexibility index (Phi) is 4.66. The Hall–Kier alpha value is -2.69. The van der Waals surface area contributed by atoms with Gasteiger partial charge in [0.1, 0.15) is 11.7 Å². The Balaban J connectivity index is 2.07. The number of amides is 1. The molecular formula is C16H16N2O3. The Morgan fingerprint density at radius 1 is 1.19 bits per heavy atom. The van der Waals surface area contributed by atoms with E-state index in [2.05, 4.69) is 10.3 Å². The van der Waals surface area contributed by atoms with Crippen LogP contribution in [0.4, 0.5) is 0 Å². The summed E-state index contributed by atoms with van der Waals surface area (Å²) in [4.78, 5) is 27.2. The predicted molar refractivity (Wildman–Crippen MR) is 78.0 cm³/mol. The van der Waals surface area contributed by atoms with Gasteiger partial charge in [-0.25, -0.2) is 4.79 Å². The molecule has 0 radical (unpaired) electrons. The highest BCUT2D eigenvalue weighted by atomic mass is 16.4. The molecule has 1 aromatic carbocycles. The third kappa shape index (κ3) is 4.14. The summed E-state index contributed by atoms with van der Waals surface area (Å²) in [6.45, 7) is 1.96. The molecule has 0 fully saturated rings. The van der Waals surface area contributed by atoms with Gasteiger partial charge < -0.3 is 10.4 Å². The smallest absolute Gasteiger partial charge is 0.326 e. The number of carboxylic acid groups (broad SMARTS) is 1. The minimum absolute atomic E-state index is 0.202. The van der Waals surface area contributed by atoms with Crippen LogP contribution in [0.15, 0.2) is 48.7 Å². The lowest BCUT2D eigenvalue weighted by molar-refractivity contribution is -0.139. The van der Waals surface area contributed by atoms with Crippen LogP contribution in [-0.4, -0.2) is 28.0 Å². The molecule has 108 valence electrons. The standard InChI is InChI=1S/C16H16N2O3/c1-11-5-7-12(8-6-11)10-14(16(20)21)18-15(19)13-4-2-3-9-17-13/h2-9,14H,10H2,1H3,(H,18,19)(H,20,21)/t14-/m0/s1. The normalized spacial score (nSPS) is 11.7. The second-order valence-electron chi connectivity index (χ2n) is 4.77. The van der Waals surface area contributed by atoms with Crippen LogP contribution in [0.5, 0.6) is 0 Å². The Morgan fingerprint density at radius 2 is 1.90 bits per heavy atom. The SMILES string of the molecule is Cc1ccc(C[C@H](NC(=O)c2ccccn2)C(=O)O)cc1. The summed E-state index contributed by atoms with van der Waals surface area (Å²) in [5.41, 5.74) is 2.16. The van der Waals surface area contributed by atoms with Crippen molar-refractivity contribution in [1.82, 2.24) is 10.3 Å². The number of carbonyl (C=O) groups is 2. The van der Waals surface area contributed by atoms with Crippen molar-refractivity contribution in [3.8, 4) is 0 Å². The number of nitrogens with zero attached hydrogens (tertiary/aromatic N) is 1. The van der Waals surface area contributed by atoms with Crippen molar-refractivity contribution in [3.05, 3.63) is 65.5 Å². The molecule has 0 saturated heterocycles. The molecule has 1 atom stereocenters. The van der Waals surface area contributed by atoms with Crippen LogP contribution in [0.3, 0.4) is 0 Å². The van der Waals surface area contributed by atoms with E-state index in [9.17, 15) is 14.7 Å². The van der Waals surface area contributed by atoms with E-state index < -0.39 is 17.9 Å². The second-order valence-corrected chi connectivity index (χ2v) is 4.77. The van der Waals surface area contributed by atoms with Crippen molar-refractivity contribution in [1.29, 1.82) is 0 Å². The number of hydrogen-bond acceptors (Lipinski definition) is 3. The van der Waals surface area contributed by atoms with Crippen LogP contribution in [0.1, 0.15) is 21.6 Å². The maximum atomic E-state index is 12.0. The number of carbonyl (C=O) groups excluding carboxylic acids is 1. The van der Waals surface area contributed by atoms with Crippen LogP contribution < -0.4 is 5.32 Å². The van der Waals surface area contributed by atoms with E-state index in [-0.39, 0.29) is 12.1 Å². The van der Waals surface area contributed by atoms with Crippen molar-refractivity contribution in [2.75, 3.05) is 0 Å². The largest absolute Gasteiger partial charge is 0.480 e. The first kappa shape index (κ1) is 14.7. The Morgan fingerprint density at radius 3 is 2.48 bits per heavy atom.